The van der Waals surface area contributed by atoms with Gasteiger partial charge in [-0.1, -0.05) is 11.6 Å². The summed E-state index contributed by atoms with van der Waals surface area (Å²) in [6, 6.07) is 0. The van der Waals surface area contributed by atoms with E-state index in [4.69, 9.17) is 0 Å². The second-order valence-electron chi connectivity index (χ2n) is 1.96. The molecule has 4 nitrogen and oxygen atoms in total. The highest BCUT2D eigenvalue weighted by molar-refractivity contribution is 5.17. The van der Waals surface area contributed by atoms with Crippen LogP contribution in [0.25, 0.3) is 0 Å². The topological polar surface area (TPSA) is 51.6 Å². The van der Waals surface area contributed by atoms with Crippen molar-refractivity contribution in [3.63, 3.8) is 0 Å². The van der Waals surface area contributed by atoms with Gasteiger partial charge in [-0.3, -0.25) is 0 Å². The molecule has 0 fully saturated rings. The van der Waals surface area contributed by atoms with E-state index in [-0.39, 0.29) is 0 Å². The zero-order chi connectivity index (χ0) is 7.23. The predicted octanol–water partition coefficient (Wildman–Crippen LogP) is 0.603. The van der Waals surface area contributed by atoms with Crippen LogP contribution in [-0.2, 0) is 0 Å². The minimum absolute atomic E-state index is 1.28. The molecule has 4 heteroatoms. The first kappa shape index (κ1) is 6.80. The Morgan fingerprint density at radius 2 is 1.60 bits per heavy atom. The molecular weight excluding hydrogens is 128 g/mol. The van der Waals surface area contributed by atoms with Crippen LogP contribution in [0.5, 0.6) is 0 Å². The molecule has 1 heterocycles. The molecule has 1 aliphatic carbocycles. The van der Waals surface area contributed by atoms with E-state index >= 15 is 0 Å². The molecule has 0 amide bonds. The minimum Gasteiger partial charge on any atom is -0.136 e. The second-order valence-corrected chi connectivity index (χ2v) is 1.96. The van der Waals surface area contributed by atoms with Gasteiger partial charge in [0, 0.05) is 0 Å². The summed E-state index contributed by atoms with van der Waals surface area (Å²) in [7, 11) is 0. The lowest BCUT2D eigenvalue weighted by Crippen LogP contribution is -1.84. The molecule has 0 atom stereocenters. The van der Waals surface area contributed by atoms with E-state index in [1.165, 1.54) is 18.8 Å². The maximum Gasteiger partial charge on any atom is 0.0716 e. The molecule has 2 rings (SSSR count). The van der Waals surface area contributed by atoms with Crippen LogP contribution in [0.3, 0.4) is 0 Å². The Morgan fingerprint density at radius 3 is 1.70 bits per heavy atom. The van der Waals surface area contributed by atoms with E-state index in [2.05, 4.69) is 33.6 Å². The summed E-state index contributed by atoms with van der Waals surface area (Å²) in [6.45, 7) is 2.14. The standard InChI is InChI=1S/C4H6.C2H2N4/c1-4-2-3-4;1-2-4-6-5-3-1/h2H,3H2,1H3;1-2H. The summed E-state index contributed by atoms with van der Waals surface area (Å²) in [5.41, 5.74) is 1.54. The van der Waals surface area contributed by atoms with Crippen LogP contribution in [0.15, 0.2) is 24.0 Å². The van der Waals surface area contributed by atoms with Crippen LogP contribution in [0, 0.1) is 0 Å². The highest BCUT2D eigenvalue weighted by Gasteiger charge is 1.94. The lowest BCUT2D eigenvalue weighted by molar-refractivity contribution is 0.761. The Labute approximate surface area is 59.0 Å². The highest BCUT2D eigenvalue weighted by Crippen LogP contribution is 2.14. The fourth-order valence-corrected chi connectivity index (χ4v) is 0.268. The number of nitrogens with zero attached hydrogens (tertiary/aromatic N) is 4. The molecule has 1 aromatic heterocycles. The van der Waals surface area contributed by atoms with Gasteiger partial charge in [0.25, 0.3) is 0 Å². The molecule has 0 bridgehead atoms. The van der Waals surface area contributed by atoms with Crippen molar-refractivity contribution in [3.8, 4) is 0 Å². The largest absolute Gasteiger partial charge is 0.136 e. The van der Waals surface area contributed by atoms with Crippen LogP contribution in [0.4, 0.5) is 0 Å². The van der Waals surface area contributed by atoms with Crippen LogP contribution in [0.1, 0.15) is 13.3 Å². The lowest BCUT2D eigenvalue weighted by atomic mass is 10.6. The minimum atomic E-state index is 1.28. The zero-order valence-electron chi connectivity index (χ0n) is 5.73. The molecule has 0 spiro atoms. The first-order valence-electron chi connectivity index (χ1n) is 3.00. The Hall–Kier alpha value is -1.32. The second kappa shape index (κ2) is 3.66. The van der Waals surface area contributed by atoms with E-state index in [1.54, 1.807) is 5.57 Å². The van der Waals surface area contributed by atoms with Crippen molar-refractivity contribution in [1.29, 1.82) is 0 Å². The zero-order valence-corrected chi connectivity index (χ0v) is 5.73. The molecule has 10 heavy (non-hydrogen) atoms. The Balaban J connectivity index is 0.000000108. The number of rotatable bonds is 0. The Morgan fingerprint density at radius 1 is 1.20 bits per heavy atom. The van der Waals surface area contributed by atoms with Crippen molar-refractivity contribution in [2.75, 3.05) is 0 Å². The summed E-state index contributed by atoms with van der Waals surface area (Å²) in [5, 5.41) is 13.1. The Bertz CT molecular complexity index is 180. The molecule has 0 saturated carbocycles. The molecule has 0 aromatic carbocycles. The van der Waals surface area contributed by atoms with E-state index in [0.29, 0.717) is 0 Å². The van der Waals surface area contributed by atoms with Crippen LogP contribution in [0.2, 0.25) is 0 Å². The number of aromatic nitrogens is 4. The molecule has 0 radical (unpaired) electrons. The number of hydrogen-bond acceptors (Lipinski definition) is 4. The number of allylic oxidation sites excluding steroid dienone is 2. The van der Waals surface area contributed by atoms with Crippen molar-refractivity contribution in [2.24, 2.45) is 0 Å². The summed E-state index contributed by atoms with van der Waals surface area (Å²) in [4.78, 5) is 0. The monoisotopic (exact) mass is 136 g/mol. The highest BCUT2D eigenvalue weighted by atomic mass is 15.4. The van der Waals surface area contributed by atoms with Crippen LogP contribution >= 0.6 is 0 Å². The fraction of sp³-hybridized carbons (Fsp3) is 0.333. The van der Waals surface area contributed by atoms with Gasteiger partial charge in [-0.25, -0.2) is 0 Å². The lowest BCUT2D eigenvalue weighted by Gasteiger charge is -1.67. The average Bonchev–Trinajstić information content (AvgIpc) is 2.77. The summed E-state index contributed by atoms with van der Waals surface area (Å²) < 4.78 is 0. The number of hydrogen-bond donors (Lipinski definition) is 0. The quantitative estimate of drug-likeness (QED) is 0.490. The van der Waals surface area contributed by atoms with E-state index in [1.807, 2.05) is 0 Å². The van der Waals surface area contributed by atoms with E-state index < -0.39 is 0 Å². The molecule has 0 saturated heterocycles. The van der Waals surface area contributed by atoms with Gasteiger partial charge in [0.2, 0.25) is 0 Å². The van der Waals surface area contributed by atoms with E-state index in [9.17, 15) is 0 Å². The normalized spacial score (nSPS) is 12.7. The predicted molar refractivity (Wildman–Crippen MR) is 36.0 cm³/mol. The smallest absolute Gasteiger partial charge is 0.0716 e. The summed E-state index contributed by atoms with van der Waals surface area (Å²) in [5.74, 6) is 0. The van der Waals surface area contributed by atoms with Gasteiger partial charge < -0.3 is 0 Å². The van der Waals surface area contributed by atoms with E-state index in [0.717, 1.165) is 0 Å². The molecule has 0 aliphatic heterocycles. The average molecular weight is 136 g/mol. The van der Waals surface area contributed by atoms with Gasteiger partial charge in [0.05, 0.1) is 12.4 Å². The van der Waals surface area contributed by atoms with Gasteiger partial charge in [-0.05, 0) is 23.8 Å². The van der Waals surface area contributed by atoms with Crippen molar-refractivity contribution in [1.82, 2.24) is 20.6 Å². The van der Waals surface area contributed by atoms with Crippen molar-refractivity contribution in [3.05, 3.63) is 24.0 Å². The first-order valence-corrected chi connectivity index (χ1v) is 3.00. The molecule has 0 unspecified atom stereocenters. The fourth-order valence-electron chi connectivity index (χ4n) is 0.268. The van der Waals surface area contributed by atoms with Crippen molar-refractivity contribution >= 4 is 0 Å². The van der Waals surface area contributed by atoms with Gasteiger partial charge in [0.15, 0.2) is 0 Å². The first-order chi connectivity index (χ1) is 4.89. The third-order valence-electron chi connectivity index (χ3n) is 0.956. The Kier molecular flexibility index (Phi) is 2.49. The van der Waals surface area contributed by atoms with Gasteiger partial charge >= 0.3 is 0 Å². The van der Waals surface area contributed by atoms with Crippen molar-refractivity contribution < 1.29 is 0 Å². The van der Waals surface area contributed by atoms with Gasteiger partial charge in [0.1, 0.15) is 0 Å². The van der Waals surface area contributed by atoms with Crippen molar-refractivity contribution in [2.45, 2.75) is 13.3 Å². The molecule has 0 N–H and O–H groups in total. The summed E-state index contributed by atoms with van der Waals surface area (Å²) >= 11 is 0. The molecule has 1 aliphatic rings. The van der Waals surface area contributed by atoms with Gasteiger partial charge in [-0.15, -0.1) is 10.2 Å². The third-order valence-corrected chi connectivity index (χ3v) is 0.956. The van der Waals surface area contributed by atoms with Crippen LogP contribution < -0.4 is 0 Å². The van der Waals surface area contributed by atoms with Gasteiger partial charge in [-0.2, -0.15) is 0 Å². The maximum atomic E-state index is 3.36. The SMILES string of the molecule is CC1=CC1.c1cnnnn1. The molecule has 1 aromatic rings. The molecular formula is C6H8N4. The maximum absolute atomic E-state index is 3.36. The van der Waals surface area contributed by atoms with Crippen LogP contribution in [-0.4, -0.2) is 20.6 Å². The third kappa shape index (κ3) is 3.65. The summed E-state index contributed by atoms with van der Waals surface area (Å²) in [6.07, 6.45) is 6.42. The molecule has 52 valence electrons.